The largest absolute Gasteiger partial charge is 0.438 e. The summed E-state index contributed by atoms with van der Waals surface area (Å²) in [7, 11) is 0. The Labute approximate surface area is 120 Å². The van der Waals surface area contributed by atoms with E-state index in [0.717, 1.165) is 22.3 Å². The number of hydrogen-bond donors (Lipinski definition) is 1. The van der Waals surface area contributed by atoms with Gasteiger partial charge in [0.25, 0.3) is 0 Å². The van der Waals surface area contributed by atoms with Crippen molar-refractivity contribution in [3.63, 3.8) is 0 Å². The van der Waals surface area contributed by atoms with Crippen LogP contribution in [0.2, 0.25) is 0 Å². The molecule has 94 valence electrons. The number of anilines is 1. The third kappa shape index (κ3) is 3.56. The molecule has 1 N–H and O–H groups in total. The number of benzene rings is 1. The third-order valence-corrected chi connectivity index (χ3v) is 3.11. The summed E-state index contributed by atoms with van der Waals surface area (Å²) in [6.45, 7) is 2.95. The topological polar surface area (TPSA) is 47.0 Å². The molecule has 0 atom stereocenters. The average molecular weight is 355 g/mol. The molecule has 0 unspecified atom stereocenters. The molecule has 1 aromatic carbocycles. The van der Waals surface area contributed by atoms with E-state index in [4.69, 9.17) is 4.74 Å². The van der Waals surface area contributed by atoms with Crippen molar-refractivity contribution in [1.82, 2.24) is 9.97 Å². The number of rotatable bonds is 5. The van der Waals surface area contributed by atoms with Crippen molar-refractivity contribution >= 4 is 28.5 Å². The molecule has 2 aromatic rings. The Morgan fingerprint density at radius 3 is 2.89 bits per heavy atom. The van der Waals surface area contributed by atoms with Gasteiger partial charge in [-0.1, -0.05) is 19.1 Å². The predicted octanol–water partition coefficient (Wildman–Crippen LogP) is 3.70. The van der Waals surface area contributed by atoms with Crippen LogP contribution in [-0.2, 0) is 0 Å². The van der Waals surface area contributed by atoms with Gasteiger partial charge in [0.1, 0.15) is 5.75 Å². The monoisotopic (exact) mass is 355 g/mol. The summed E-state index contributed by atoms with van der Waals surface area (Å²) in [4.78, 5) is 8.44. The summed E-state index contributed by atoms with van der Waals surface area (Å²) in [5, 5.41) is 3.13. The van der Waals surface area contributed by atoms with Crippen molar-refractivity contribution in [3.05, 3.63) is 40.1 Å². The van der Waals surface area contributed by atoms with Gasteiger partial charge in [0.15, 0.2) is 0 Å². The van der Waals surface area contributed by atoms with E-state index in [1.165, 1.54) is 0 Å². The Morgan fingerprint density at radius 1 is 1.28 bits per heavy atom. The smallest absolute Gasteiger partial charge is 0.225 e. The molecule has 0 bridgehead atoms. The highest BCUT2D eigenvalue weighted by Gasteiger charge is 2.04. The van der Waals surface area contributed by atoms with E-state index in [2.05, 4.69) is 44.8 Å². The summed E-state index contributed by atoms with van der Waals surface area (Å²) in [5.74, 6) is 1.95. The average Bonchev–Trinajstić information content (AvgIpc) is 2.40. The summed E-state index contributed by atoms with van der Waals surface area (Å²) in [6.07, 6.45) is 2.72. The minimum absolute atomic E-state index is 0.549. The molecule has 1 aromatic heterocycles. The van der Waals surface area contributed by atoms with Gasteiger partial charge in [0.2, 0.25) is 11.8 Å². The first-order chi connectivity index (χ1) is 8.79. The van der Waals surface area contributed by atoms with E-state index >= 15 is 0 Å². The lowest BCUT2D eigenvalue weighted by Crippen LogP contribution is -2.04. The van der Waals surface area contributed by atoms with Gasteiger partial charge >= 0.3 is 0 Å². The molecule has 4 nitrogen and oxygen atoms in total. The molecule has 0 aliphatic heterocycles. The zero-order valence-electron chi connectivity index (χ0n) is 10.1. The zero-order valence-corrected chi connectivity index (χ0v) is 12.2. The van der Waals surface area contributed by atoms with Crippen molar-refractivity contribution < 1.29 is 4.74 Å². The minimum Gasteiger partial charge on any atom is -0.438 e. The van der Waals surface area contributed by atoms with E-state index in [0.29, 0.717) is 11.8 Å². The second-order valence-electron chi connectivity index (χ2n) is 3.68. The van der Waals surface area contributed by atoms with Gasteiger partial charge in [-0.25, -0.2) is 4.98 Å². The van der Waals surface area contributed by atoms with Crippen LogP contribution in [-0.4, -0.2) is 16.5 Å². The number of aromatic nitrogens is 2. The molecule has 5 heteroatoms. The molecule has 1 heterocycles. The van der Waals surface area contributed by atoms with E-state index in [1.54, 1.807) is 12.3 Å². The van der Waals surface area contributed by atoms with Crippen LogP contribution in [0.4, 0.5) is 5.95 Å². The molecule has 0 amide bonds. The first-order valence-electron chi connectivity index (χ1n) is 5.79. The molecule has 0 fully saturated rings. The van der Waals surface area contributed by atoms with Crippen LogP contribution in [0.15, 0.2) is 36.5 Å². The van der Waals surface area contributed by atoms with Gasteiger partial charge in [-0.05, 0) is 41.1 Å². The third-order valence-electron chi connectivity index (χ3n) is 2.21. The maximum atomic E-state index is 5.73. The van der Waals surface area contributed by atoms with Crippen LogP contribution < -0.4 is 10.1 Å². The number of para-hydroxylation sites is 1. The molecule has 0 aliphatic carbocycles. The molecule has 18 heavy (non-hydrogen) atoms. The number of halogens is 1. The van der Waals surface area contributed by atoms with E-state index in [1.807, 2.05) is 24.3 Å². The van der Waals surface area contributed by atoms with Crippen molar-refractivity contribution in [1.29, 1.82) is 0 Å². The van der Waals surface area contributed by atoms with Gasteiger partial charge in [-0.15, -0.1) is 0 Å². The normalized spacial score (nSPS) is 10.1. The lowest BCUT2D eigenvalue weighted by atomic mass is 10.3. The van der Waals surface area contributed by atoms with Crippen LogP contribution in [0.25, 0.3) is 0 Å². The molecule has 2 rings (SSSR count). The fourth-order valence-corrected chi connectivity index (χ4v) is 1.86. The highest BCUT2D eigenvalue weighted by Crippen LogP contribution is 2.25. The summed E-state index contributed by atoms with van der Waals surface area (Å²) in [6, 6.07) is 9.58. The Kier molecular flexibility index (Phi) is 4.74. The highest BCUT2D eigenvalue weighted by molar-refractivity contribution is 14.1. The minimum atomic E-state index is 0.549. The number of nitrogens with zero attached hydrogens (tertiary/aromatic N) is 2. The lowest BCUT2D eigenvalue weighted by molar-refractivity contribution is 0.459. The predicted molar refractivity (Wildman–Crippen MR) is 80.0 cm³/mol. The number of nitrogens with one attached hydrogen (secondary N) is 1. The fourth-order valence-electron chi connectivity index (χ4n) is 1.36. The van der Waals surface area contributed by atoms with Crippen LogP contribution in [0.3, 0.4) is 0 Å². The van der Waals surface area contributed by atoms with Gasteiger partial charge in [0, 0.05) is 18.8 Å². The van der Waals surface area contributed by atoms with Crippen LogP contribution >= 0.6 is 22.6 Å². The van der Waals surface area contributed by atoms with Gasteiger partial charge in [0.05, 0.1) is 3.57 Å². The van der Waals surface area contributed by atoms with E-state index < -0.39 is 0 Å². The molecule has 0 radical (unpaired) electrons. The Balaban J connectivity index is 2.12. The maximum Gasteiger partial charge on any atom is 0.225 e. The first kappa shape index (κ1) is 13.1. The van der Waals surface area contributed by atoms with Gasteiger partial charge < -0.3 is 10.1 Å². The zero-order chi connectivity index (χ0) is 12.8. The summed E-state index contributed by atoms with van der Waals surface area (Å²) < 4.78 is 6.78. The summed E-state index contributed by atoms with van der Waals surface area (Å²) >= 11 is 2.23. The van der Waals surface area contributed by atoms with Crippen LogP contribution in [0.5, 0.6) is 11.6 Å². The fraction of sp³-hybridized carbons (Fsp3) is 0.231. The Hall–Kier alpha value is -1.37. The molecule has 0 saturated heterocycles. The number of hydrogen-bond acceptors (Lipinski definition) is 4. The van der Waals surface area contributed by atoms with Gasteiger partial charge in [-0.2, -0.15) is 4.98 Å². The molecule has 0 saturated carbocycles. The van der Waals surface area contributed by atoms with Crippen molar-refractivity contribution in [2.45, 2.75) is 13.3 Å². The van der Waals surface area contributed by atoms with Crippen LogP contribution in [0, 0.1) is 3.57 Å². The molecular formula is C13H14IN3O. The van der Waals surface area contributed by atoms with E-state index in [-0.39, 0.29) is 0 Å². The number of ether oxygens (including phenoxy) is 1. The van der Waals surface area contributed by atoms with Crippen molar-refractivity contribution in [2.24, 2.45) is 0 Å². The SMILES string of the molecule is CCCNc1nccc(Oc2ccccc2I)n1. The lowest BCUT2D eigenvalue weighted by Gasteiger charge is -2.08. The van der Waals surface area contributed by atoms with Crippen molar-refractivity contribution in [3.8, 4) is 11.6 Å². The molecular weight excluding hydrogens is 341 g/mol. The maximum absolute atomic E-state index is 5.73. The van der Waals surface area contributed by atoms with E-state index in [9.17, 15) is 0 Å². The molecule has 0 aliphatic rings. The summed E-state index contributed by atoms with van der Waals surface area (Å²) in [5.41, 5.74) is 0. The first-order valence-corrected chi connectivity index (χ1v) is 6.87. The highest BCUT2D eigenvalue weighted by atomic mass is 127. The Bertz CT molecular complexity index is 519. The standard InChI is InChI=1S/C13H14IN3O/c1-2-8-15-13-16-9-7-12(17-13)18-11-6-4-3-5-10(11)14/h3-7,9H,2,8H2,1H3,(H,15,16,17). The second kappa shape index (κ2) is 6.53. The quantitative estimate of drug-likeness (QED) is 0.831. The van der Waals surface area contributed by atoms with Crippen LogP contribution in [0.1, 0.15) is 13.3 Å². The van der Waals surface area contributed by atoms with Gasteiger partial charge in [-0.3, -0.25) is 0 Å². The molecule has 0 spiro atoms. The second-order valence-corrected chi connectivity index (χ2v) is 4.84. The Morgan fingerprint density at radius 2 is 2.11 bits per heavy atom. The van der Waals surface area contributed by atoms with Crippen molar-refractivity contribution in [2.75, 3.05) is 11.9 Å².